The topological polar surface area (TPSA) is 55.8 Å². The molecule has 7 heteroatoms. The number of esters is 1. The van der Waals surface area contributed by atoms with Gasteiger partial charge in [0.2, 0.25) is 0 Å². The first-order valence-electron chi connectivity index (χ1n) is 6.38. The fraction of sp³-hybridized carbons (Fsp3) is 0.429. The highest BCUT2D eigenvalue weighted by Crippen LogP contribution is 2.17. The first kappa shape index (κ1) is 16.9. The molecule has 0 aliphatic rings. The summed E-state index contributed by atoms with van der Waals surface area (Å²) >= 11 is 0. The lowest BCUT2D eigenvalue weighted by molar-refractivity contribution is -0.140. The van der Waals surface area contributed by atoms with Crippen LogP contribution < -0.4 is 4.74 Å². The third-order valence-corrected chi connectivity index (χ3v) is 2.79. The Kier molecular flexibility index (Phi) is 6.58. The maximum atomic E-state index is 12.2. The van der Waals surface area contributed by atoms with Gasteiger partial charge in [0.15, 0.2) is 0 Å². The number of carbonyl (C=O) groups excluding carboxylic acids is 2. The number of methoxy groups -OCH3 is 1. The summed E-state index contributed by atoms with van der Waals surface area (Å²) in [5.41, 5.74) is 0.222. The van der Waals surface area contributed by atoms with Gasteiger partial charge in [-0.1, -0.05) is 6.07 Å². The van der Waals surface area contributed by atoms with Crippen LogP contribution in [0.25, 0.3) is 0 Å². The van der Waals surface area contributed by atoms with Crippen LogP contribution in [0.4, 0.5) is 8.78 Å². The van der Waals surface area contributed by atoms with Gasteiger partial charge in [-0.15, -0.1) is 0 Å². The number of halogens is 2. The predicted molar refractivity (Wildman–Crippen MR) is 71.3 cm³/mol. The number of carbonyl (C=O) groups is 2. The Bertz CT molecular complexity index is 494. The zero-order valence-corrected chi connectivity index (χ0v) is 11.8. The van der Waals surface area contributed by atoms with E-state index < -0.39 is 12.6 Å². The Balaban J connectivity index is 2.77. The van der Waals surface area contributed by atoms with E-state index in [0.717, 1.165) is 0 Å². The van der Waals surface area contributed by atoms with Crippen LogP contribution in [0, 0.1) is 0 Å². The highest BCUT2D eigenvalue weighted by Gasteiger charge is 2.16. The van der Waals surface area contributed by atoms with Crippen LogP contribution in [-0.4, -0.2) is 43.6 Å². The molecule has 1 aromatic rings. The van der Waals surface area contributed by atoms with Gasteiger partial charge in [-0.3, -0.25) is 9.59 Å². The highest BCUT2D eigenvalue weighted by atomic mass is 19.3. The summed E-state index contributed by atoms with van der Waals surface area (Å²) in [4.78, 5) is 24.8. The minimum atomic E-state index is -2.95. The summed E-state index contributed by atoms with van der Waals surface area (Å²) in [6.07, 6.45) is 0.0727. The van der Waals surface area contributed by atoms with Crippen LogP contribution in [0.3, 0.4) is 0 Å². The number of hydrogen-bond donors (Lipinski definition) is 0. The van der Waals surface area contributed by atoms with E-state index in [9.17, 15) is 18.4 Å². The number of alkyl halides is 2. The molecule has 0 aromatic heterocycles. The number of ether oxygens (including phenoxy) is 2. The lowest BCUT2D eigenvalue weighted by Gasteiger charge is -2.20. The van der Waals surface area contributed by atoms with Crippen molar-refractivity contribution < 1.29 is 27.8 Å². The van der Waals surface area contributed by atoms with Crippen molar-refractivity contribution in [3.63, 3.8) is 0 Å². The van der Waals surface area contributed by atoms with Crippen molar-refractivity contribution in [1.82, 2.24) is 4.90 Å². The fourth-order valence-electron chi connectivity index (χ4n) is 1.72. The Hall–Kier alpha value is -2.18. The van der Waals surface area contributed by atoms with E-state index in [2.05, 4.69) is 9.47 Å². The van der Waals surface area contributed by atoms with Crippen LogP contribution in [0.1, 0.15) is 23.7 Å². The van der Waals surface area contributed by atoms with Gasteiger partial charge in [-0.2, -0.15) is 8.78 Å². The molecule has 1 amide bonds. The fourth-order valence-corrected chi connectivity index (χ4v) is 1.72. The minimum absolute atomic E-state index is 0.0727. The third kappa shape index (κ3) is 5.37. The number of rotatable bonds is 7. The molecule has 0 unspecified atom stereocenters. The smallest absolute Gasteiger partial charge is 0.387 e. The number of benzene rings is 1. The van der Waals surface area contributed by atoms with Crippen molar-refractivity contribution in [2.75, 3.05) is 20.2 Å². The largest absolute Gasteiger partial charge is 0.469 e. The van der Waals surface area contributed by atoms with Crippen molar-refractivity contribution in [1.29, 1.82) is 0 Å². The summed E-state index contributed by atoms with van der Waals surface area (Å²) in [6, 6.07) is 5.55. The maximum absolute atomic E-state index is 12.2. The minimum Gasteiger partial charge on any atom is -0.469 e. The van der Waals surface area contributed by atoms with Gasteiger partial charge in [0, 0.05) is 18.7 Å². The van der Waals surface area contributed by atoms with Gasteiger partial charge in [-0.25, -0.2) is 0 Å². The quantitative estimate of drug-likeness (QED) is 0.725. The molecule has 0 heterocycles. The molecular formula is C14H17F2NO4. The van der Waals surface area contributed by atoms with E-state index >= 15 is 0 Å². The number of amides is 1. The van der Waals surface area contributed by atoms with Crippen LogP contribution in [0.5, 0.6) is 5.75 Å². The summed E-state index contributed by atoms with van der Waals surface area (Å²) in [7, 11) is 1.27. The van der Waals surface area contributed by atoms with E-state index in [-0.39, 0.29) is 30.2 Å². The monoisotopic (exact) mass is 301 g/mol. The average molecular weight is 301 g/mol. The molecule has 5 nitrogen and oxygen atoms in total. The van der Waals surface area contributed by atoms with Gasteiger partial charge >= 0.3 is 12.6 Å². The molecule has 0 radical (unpaired) electrons. The first-order valence-corrected chi connectivity index (χ1v) is 6.38. The zero-order chi connectivity index (χ0) is 15.8. The molecule has 0 saturated carbocycles. The van der Waals surface area contributed by atoms with Crippen molar-refractivity contribution in [2.45, 2.75) is 20.0 Å². The summed E-state index contributed by atoms with van der Waals surface area (Å²) in [5, 5.41) is 0. The Morgan fingerprint density at radius 1 is 1.33 bits per heavy atom. The molecule has 1 rings (SSSR count). The van der Waals surface area contributed by atoms with E-state index in [1.165, 1.54) is 36.3 Å². The first-order chi connectivity index (χ1) is 9.97. The highest BCUT2D eigenvalue weighted by molar-refractivity contribution is 5.94. The molecule has 0 spiro atoms. The Labute approximate surface area is 121 Å². The summed E-state index contributed by atoms with van der Waals surface area (Å²) < 4.78 is 33.1. The number of hydrogen-bond acceptors (Lipinski definition) is 4. The van der Waals surface area contributed by atoms with Crippen molar-refractivity contribution in [3.05, 3.63) is 29.8 Å². The van der Waals surface area contributed by atoms with Crippen molar-refractivity contribution in [2.24, 2.45) is 0 Å². The Morgan fingerprint density at radius 2 is 2.05 bits per heavy atom. The van der Waals surface area contributed by atoms with Crippen LogP contribution in [0.2, 0.25) is 0 Å². The van der Waals surface area contributed by atoms with Gasteiger partial charge in [0.1, 0.15) is 5.75 Å². The maximum Gasteiger partial charge on any atom is 0.387 e. The molecule has 21 heavy (non-hydrogen) atoms. The third-order valence-electron chi connectivity index (χ3n) is 2.79. The van der Waals surface area contributed by atoms with Crippen LogP contribution >= 0.6 is 0 Å². The molecule has 0 N–H and O–H groups in total. The lowest BCUT2D eigenvalue weighted by Crippen LogP contribution is -2.33. The molecule has 0 saturated heterocycles. The van der Waals surface area contributed by atoms with Crippen molar-refractivity contribution >= 4 is 11.9 Å². The van der Waals surface area contributed by atoms with E-state index in [1.807, 2.05) is 0 Å². The van der Waals surface area contributed by atoms with E-state index in [1.54, 1.807) is 6.92 Å². The second kappa shape index (κ2) is 8.18. The lowest BCUT2D eigenvalue weighted by atomic mass is 10.2. The average Bonchev–Trinajstić information content (AvgIpc) is 2.46. The van der Waals surface area contributed by atoms with Gasteiger partial charge in [-0.05, 0) is 25.1 Å². The standard InChI is InChI=1S/C14H17F2NO4/c1-3-17(8-7-12(18)20-2)13(19)10-5-4-6-11(9-10)21-14(15)16/h4-6,9,14H,3,7-8H2,1-2H3. The molecule has 116 valence electrons. The Morgan fingerprint density at radius 3 is 2.62 bits per heavy atom. The van der Waals surface area contributed by atoms with E-state index in [0.29, 0.717) is 6.54 Å². The predicted octanol–water partition coefficient (Wildman–Crippen LogP) is 2.31. The molecule has 0 atom stereocenters. The normalized spacial score (nSPS) is 10.3. The second-order valence-corrected chi connectivity index (χ2v) is 4.12. The molecule has 0 aliphatic heterocycles. The van der Waals surface area contributed by atoms with E-state index in [4.69, 9.17) is 0 Å². The van der Waals surface area contributed by atoms with Crippen LogP contribution in [0.15, 0.2) is 24.3 Å². The summed E-state index contributed by atoms with van der Waals surface area (Å²) in [6.45, 7) is -0.608. The van der Waals surface area contributed by atoms with Gasteiger partial charge < -0.3 is 14.4 Å². The van der Waals surface area contributed by atoms with Gasteiger partial charge in [0.25, 0.3) is 5.91 Å². The number of nitrogens with zero attached hydrogens (tertiary/aromatic N) is 1. The molecule has 1 aromatic carbocycles. The second-order valence-electron chi connectivity index (χ2n) is 4.12. The zero-order valence-electron chi connectivity index (χ0n) is 11.8. The van der Waals surface area contributed by atoms with Crippen LogP contribution in [-0.2, 0) is 9.53 Å². The van der Waals surface area contributed by atoms with Crippen molar-refractivity contribution in [3.8, 4) is 5.75 Å². The molecule has 0 bridgehead atoms. The SMILES string of the molecule is CCN(CCC(=O)OC)C(=O)c1cccc(OC(F)F)c1. The van der Waals surface area contributed by atoms with Gasteiger partial charge in [0.05, 0.1) is 13.5 Å². The molecule has 0 fully saturated rings. The summed E-state index contributed by atoms with van der Waals surface area (Å²) in [5.74, 6) is -0.864. The molecule has 0 aliphatic carbocycles. The molecular weight excluding hydrogens is 284 g/mol.